The molecule has 0 spiro atoms. The summed E-state index contributed by atoms with van der Waals surface area (Å²) in [6, 6.07) is 6.33. The van der Waals surface area contributed by atoms with Gasteiger partial charge in [0.2, 0.25) is 11.8 Å². The molecule has 0 saturated carbocycles. The Morgan fingerprint density at radius 3 is 2.52 bits per heavy atom. The van der Waals surface area contributed by atoms with E-state index in [-0.39, 0.29) is 29.6 Å². The highest BCUT2D eigenvalue weighted by Crippen LogP contribution is 2.22. The fourth-order valence-electron chi connectivity index (χ4n) is 4.06. The Balaban J connectivity index is 1.44. The van der Waals surface area contributed by atoms with Gasteiger partial charge < -0.3 is 10.6 Å². The number of amides is 2. The molecule has 31 heavy (non-hydrogen) atoms. The van der Waals surface area contributed by atoms with E-state index in [2.05, 4.69) is 20.6 Å². The average Bonchev–Trinajstić information content (AvgIpc) is 3.00. The van der Waals surface area contributed by atoms with Crippen molar-refractivity contribution in [2.75, 3.05) is 25.0 Å². The minimum absolute atomic E-state index is 0.00898. The van der Waals surface area contributed by atoms with Gasteiger partial charge in [0.05, 0.1) is 23.1 Å². The van der Waals surface area contributed by atoms with Crippen LogP contribution in [0.2, 0.25) is 0 Å². The smallest absolute Gasteiger partial charge is 0.241 e. The molecule has 1 saturated heterocycles. The van der Waals surface area contributed by atoms with Crippen molar-refractivity contribution in [1.82, 2.24) is 20.0 Å². The van der Waals surface area contributed by atoms with E-state index in [0.29, 0.717) is 44.5 Å². The van der Waals surface area contributed by atoms with Gasteiger partial charge in [-0.15, -0.1) is 0 Å². The molecule has 1 aromatic heterocycles. The molecule has 3 rings (SSSR count). The number of carbonyl (C=O) groups is 2. The topological polar surface area (TPSA) is 79.3 Å². The van der Waals surface area contributed by atoms with Crippen LogP contribution < -0.4 is 10.6 Å². The normalized spacial score (nSPS) is 16.2. The summed E-state index contributed by atoms with van der Waals surface area (Å²) in [5.41, 5.74) is 3.09. The molecule has 2 amide bonds. The van der Waals surface area contributed by atoms with E-state index in [4.69, 9.17) is 0 Å². The minimum atomic E-state index is -0.288. The number of likely N-dealkylation sites (tertiary alicyclic amines) is 1. The molecule has 2 heterocycles. The van der Waals surface area contributed by atoms with E-state index in [0.717, 1.165) is 17.1 Å². The Hall–Kier alpha value is -2.74. The van der Waals surface area contributed by atoms with Gasteiger partial charge in [0.25, 0.3) is 0 Å². The molecule has 0 radical (unpaired) electrons. The van der Waals surface area contributed by atoms with Crippen molar-refractivity contribution in [1.29, 1.82) is 0 Å². The zero-order chi connectivity index (χ0) is 22.5. The van der Waals surface area contributed by atoms with Gasteiger partial charge in [0, 0.05) is 19.5 Å². The second kappa shape index (κ2) is 10.0. The quantitative estimate of drug-likeness (QED) is 0.709. The third kappa shape index (κ3) is 5.50. The second-order valence-electron chi connectivity index (χ2n) is 8.28. The van der Waals surface area contributed by atoms with Gasteiger partial charge >= 0.3 is 0 Å². The summed E-state index contributed by atoms with van der Waals surface area (Å²) < 4.78 is 15.4. The number of halogens is 1. The highest BCUT2D eigenvalue weighted by molar-refractivity contribution is 5.95. The first kappa shape index (κ1) is 22.9. The van der Waals surface area contributed by atoms with Gasteiger partial charge in [-0.05, 0) is 64.8 Å². The second-order valence-corrected chi connectivity index (χ2v) is 8.28. The standard InChI is InChI=1S/C23H32FN5O2/c1-15-21(16(2)28(4)27-15)26-22(30)17(3)29-13-10-19(11-14-29)23(31)25-12-9-18-7-5-6-8-20(18)24/h5-8,17,19H,9-14H2,1-4H3,(H,25,31)(H,26,30)/t17-/m1/s1. The van der Waals surface area contributed by atoms with Crippen LogP contribution in [0.4, 0.5) is 10.1 Å². The van der Waals surface area contributed by atoms with E-state index >= 15 is 0 Å². The molecule has 1 atom stereocenters. The SMILES string of the molecule is Cc1nn(C)c(C)c1NC(=O)[C@@H](C)N1CCC(C(=O)NCCc2ccccc2F)CC1. The summed E-state index contributed by atoms with van der Waals surface area (Å²) in [6.45, 7) is 7.49. The highest BCUT2D eigenvalue weighted by atomic mass is 19.1. The Labute approximate surface area is 183 Å². The van der Waals surface area contributed by atoms with Crippen molar-refractivity contribution in [3.05, 3.63) is 47.0 Å². The molecule has 168 valence electrons. The Morgan fingerprint density at radius 1 is 1.23 bits per heavy atom. The molecule has 1 aromatic carbocycles. The predicted octanol–water partition coefficient (Wildman–Crippen LogP) is 2.57. The van der Waals surface area contributed by atoms with Gasteiger partial charge in [-0.2, -0.15) is 5.10 Å². The maximum atomic E-state index is 13.7. The van der Waals surface area contributed by atoms with E-state index < -0.39 is 0 Å². The summed E-state index contributed by atoms with van der Waals surface area (Å²) in [5, 5.41) is 10.3. The summed E-state index contributed by atoms with van der Waals surface area (Å²) in [6.07, 6.45) is 1.88. The number of piperidine rings is 1. The zero-order valence-electron chi connectivity index (χ0n) is 18.7. The lowest BCUT2D eigenvalue weighted by Gasteiger charge is -2.34. The summed E-state index contributed by atoms with van der Waals surface area (Å²) in [7, 11) is 1.85. The van der Waals surface area contributed by atoms with Crippen molar-refractivity contribution in [3.63, 3.8) is 0 Å². The van der Waals surface area contributed by atoms with Gasteiger partial charge in [-0.1, -0.05) is 18.2 Å². The van der Waals surface area contributed by atoms with E-state index in [9.17, 15) is 14.0 Å². The third-order valence-corrected chi connectivity index (χ3v) is 6.24. The van der Waals surface area contributed by atoms with Crippen LogP contribution in [0.15, 0.2) is 24.3 Å². The van der Waals surface area contributed by atoms with Crippen LogP contribution in [-0.2, 0) is 23.1 Å². The van der Waals surface area contributed by atoms with Crippen LogP contribution in [0, 0.1) is 25.6 Å². The van der Waals surface area contributed by atoms with Crippen molar-refractivity contribution < 1.29 is 14.0 Å². The van der Waals surface area contributed by atoms with Crippen LogP contribution in [0.3, 0.4) is 0 Å². The van der Waals surface area contributed by atoms with Gasteiger partial charge in [-0.3, -0.25) is 19.2 Å². The number of benzene rings is 1. The van der Waals surface area contributed by atoms with Crippen molar-refractivity contribution in [2.24, 2.45) is 13.0 Å². The first-order chi connectivity index (χ1) is 14.8. The molecular weight excluding hydrogens is 397 g/mol. The molecule has 7 nitrogen and oxygen atoms in total. The molecule has 0 bridgehead atoms. The fourth-order valence-corrected chi connectivity index (χ4v) is 4.06. The number of aromatic nitrogens is 2. The maximum Gasteiger partial charge on any atom is 0.241 e. The van der Waals surface area contributed by atoms with E-state index in [1.54, 1.807) is 22.9 Å². The number of rotatable bonds is 7. The molecule has 8 heteroatoms. The van der Waals surface area contributed by atoms with Crippen molar-refractivity contribution >= 4 is 17.5 Å². The predicted molar refractivity (Wildman–Crippen MR) is 118 cm³/mol. The van der Waals surface area contributed by atoms with E-state index in [1.165, 1.54) is 6.07 Å². The lowest BCUT2D eigenvalue weighted by atomic mass is 9.94. The van der Waals surface area contributed by atoms with Crippen LogP contribution in [0.5, 0.6) is 0 Å². The number of hydrogen-bond acceptors (Lipinski definition) is 4. The molecule has 1 aliphatic rings. The Bertz CT molecular complexity index is 934. The number of aryl methyl sites for hydroxylation is 2. The molecular formula is C23H32FN5O2. The summed E-state index contributed by atoms with van der Waals surface area (Å²) in [5.74, 6) is -0.370. The van der Waals surface area contributed by atoms with Crippen LogP contribution in [0.1, 0.15) is 36.7 Å². The van der Waals surface area contributed by atoms with Crippen LogP contribution in [-0.4, -0.2) is 52.2 Å². The third-order valence-electron chi connectivity index (χ3n) is 6.24. The zero-order valence-corrected chi connectivity index (χ0v) is 18.7. The van der Waals surface area contributed by atoms with Gasteiger partial charge in [0.1, 0.15) is 5.82 Å². The molecule has 0 aliphatic carbocycles. The van der Waals surface area contributed by atoms with Gasteiger partial charge in [0.15, 0.2) is 0 Å². The molecule has 0 unspecified atom stereocenters. The first-order valence-electron chi connectivity index (χ1n) is 10.8. The number of anilines is 1. The molecule has 2 aromatic rings. The lowest BCUT2D eigenvalue weighted by molar-refractivity contribution is -0.127. The fraction of sp³-hybridized carbons (Fsp3) is 0.522. The van der Waals surface area contributed by atoms with Gasteiger partial charge in [-0.25, -0.2) is 4.39 Å². The number of nitrogens with one attached hydrogen (secondary N) is 2. The first-order valence-corrected chi connectivity index (χ1v) is 10.8. The van der Waals surface area contributed by atoms with Crippen LogP contribution in [0.25, 0.3) is 0 Å². The molecule has 1 fully saturated rings. The monoisotopic (exact) mass is 429 g/mol. The average molecular weight is 430 g/mol. The highest BCUT2D eigenvalue weighted by Gasteiger charge is 2.30. The number of carbonyl (C=O) groups excluding carboxylic acids is 2. The summed E-state index contributed by atoms with van der Waals surface area (Å²) in [4.78, 5) is 27.3. The van der Waals surface area contributed by atoms with Crippen molar-refractivity contribution in [2.45, 2.75) is 46.1 Å². The lowest BCUT2D eigenvalue weighted by Crippen LogP contribution is -2.48. The Kier molecular flexibility index (Phi) is 7.43. The number of hydrogen-bond donors (Lipinski definition) is 2. The largest absolute Gasteiger partial charge is 0.356 e. The Morgan fingerprint density at radius 2 is 1.90 bits per heavy atom. The van der Waals surface area contributed by atoms with Crippen LogP contribution >= 0.6 is 0 Å². The van der Waals surface area contributed by atoms with E-state index in [1.807, 2.05) is 27.8 Å². The van der Waals surface area contributed by atoms with Crippen molar-refractivity contribution in [3.8, 4) is 0 Å². The molecule has 1 aliphatic heterocycles. The number of nitrogens with zero attached hydrogens (tertiary/aromatic N) is 3. The minimum Gasteiger partial charge on any atom is -0.356 e. The summed E-state index contributed by atoms with van der Waals surface area (Å²) >= 11 is 0. The molecule has 2 N–H and O–H groups in total. The maximum absolute atomic E-state index is 13.7.